The summed E-state index contributed by atoms with van der Waals surface area (Å²) >= 11 is 0. The van der Waals surface area contributed by atoms with Gasteiger partial charge in [-0.3, -0.25) is 0 Å². The Kier molecular flexibility index (Phi) is 6.03. The van der Waals surface area contributed by atoms with E-state index < -0.39 is 13.0 Å². The van der Waals surface area contributed by atoms with Gasteiger partial charge in [0.2, 0.25) is 0 Å². The molecule has 0 aliphatic heterocycles. The summed E-state index contributed by atoms with van der Waals surface area (Å²) in [5.41, 5.74) is 0. The number of rotatable bonds is 7. The van der Waals surface area contributed by atoms with Crippen LogP contribution in [0.1, 0.15) is 25.7 Å². The number of hydrogen-bond donors (Lipinski definition) is 1. The van der Waals surface area contributed by atoms with Gasteiger partial charge >= 0.3 is 0 Å². The fourth-order valence-corrected chi connectivity index (χ4v) is 1.84. The topological polar surface area (TPSA) is 21.3 Å². The van der Waals surface area contributed by atoms with Crippen LogP contribution in [-0.2, 0) is 4.74 Å². The van der Waals surface area contributed by atoms with Crippen LogP contribution in [0.2, 0.25) is 0 Å². The zero-order valence-corrected chi connectivity index (χ0v) is 8.48. The van der Waals surface area contributed by atoms with Crippen molar-refractivity contribution < 1.29 is 13.5 Å². The maximum absolute atomic E-state index is 11.6. The molecular weight excluding hydrogens is 188 g/mol. The van der Waals surface area contributed by atoms with Gasteiger partial charge in [0.25, 0.3) is 6.43 Å². The van der Waals surface area contributed by atoms with Crippen LogP contribution in [0.25, 0.3) is 0 Å². The van der Waals surface area contributed by atoms with Gasteiger partial charge in [0.05, 0.1) is 6.61 Å². The fourth-order valence-electron chi connectivity index (χ4n) is 1.84. The minimum atomic E-state index is -2.34. The van der Waals surface area contributed by atoms with E-state index in [0.717, 1.165) is 12.5 Å². The maximum Gasteiger partial charge on any atom is 0.261 e. The highest BCUT2D eigenvalue weighted by Crippen LogP contribution is 2.23. The summed E-state index contributed by atoms with van der Waals surface area (Å²) in [4.78, 5) is 0. The molecule has 0 aromatic heterocycles. The summed E-state index contributed by atoms with van der Waals surface area (Å²) < 4.78 is 28.0. The van der Waals surface area contributed by atoms with Crippen LogP contribution in [0, 0.1) is 5.92 Å². The Hall–Kier alpha value is -0.220. The summed E-state index contributed by atoms with van der Waals surface area (Å²) in [5.74, 6) is 0.796. The Bertz CT molecular complexity index is 138. The van der Waals surface area contributed by atoms with Gasteiger partial charge < -0.3 is 10.1 Å². The first kappa shape index (κ1) is 11.9. The van der Waals surface area contributed by atoms with Crippen molar-refractivity contribution in [3.63, 3.8) is 0 Å². The quantitative estimate of drug-likeness (QED) is 0.645. The summed E-state index contributed by atoms with van der Waals surface area (Å²) in [5, 5.41) is 3.23. The number of halogens is 2. The second-order valence-corrected chi connectivity index (χ2v) is 3.82. The fraction of sp³-hybridized carbons (Fsp3) is 1.00. The van der Waals surface area contributed by atoms with Crippen LogP contribution in [0.3, 0.4) is 0 Å². The van der Waals surface area contributed by atoms with E-state index in [1.165, 1.54) is 25.7 Å². The zero-order chi connectivity index (χ0) is 10.2. The number of ether oxygens (including phenoxy) is 1. The normalized spacial score (nSPS) is 18.2. The van der Waals surface area contributed by atoms with Crippen LogP contribution in [0.15, 0.2) is 0 Å². The van der Waals surface area contributed by atoms with Crippen molar-refractivity contribution in [2.24, 2.45) is 5.92 Å². The first-order valence-electron chi connectivity index (χ1n) is 5.35. The molecule has 0 unspecified atom stereocenters. The van der Waals surface area contributed by atoms with E-state index in [9.17, 15) is 8.78 Å². The lowest BCUT2D eigenvalue weighted by Crippen LogP contribution is -2.25. The second kappa shape index (κ2) is 7.12. The monoisotopic (exact) mass is 207 g/mol. The highest BCUT2D eigenvalue weighted by atomic mass is 19.3. The van der Waals surface area contributed by atoms with Crippen LogP contribution < -0.4 is 5.32 Å². The summed E-state index contributed by atoms with van der Waals surface area (Å²) in [7, 11) is 0. The summed E-state index contributed by atoms with van der Waals surface area (Å²) in [6, 6.07) is 0. The molecule has 1 fully saturated rings. The SMILES string of the molecule is FC(F)COCCNCC1CCCC1. The Morgan fingerprint density at radius 1 is 1.29 bits per heavy atom. The lowest BCUT2D eigenvalue weighted by Gasteiger charge is -2.10. The third kappa shape index (κ3) is 5.50. The Morgan fingerprint density at radius 2 is 2.00 bits per heavy atom. The smallest absolute Gasteiger partial charge is 0.261 e. The maximum atomic E-state index is 11.6. The second-order valence-electron chi connectivity index (χ2n) is 3.82. The van der Waals surface area contributed by atoms with Crippen molar-refractivity contribution in [2.45, 2.75) is 32.1 Å². The van der Waals surface area contributed by atoms with Crippen molar-refractivity contribution >= 4 is 0 Å². The standard InChI is InChI=1S/C10H19F2NO/c11-10(12)8-14-6-5-13-7-9-3-1-2-4-9/h9-10,13H,1-8H2. The zero-order valence-electron chi connectivity index (χ0n) is 8.48. The average Bonchev–Trinajstić information content (AvgIpc) is 2.63. The molecular formula is C10H19F2NO. The van der Waals surface area contributed by atoms with Crippen LogP contribution in [-0.4, -0.2) is 32.7 Å². The molecule has 14 heavy (non-hydrogen) atoms. The molecule has 0 radical (unpaired) electrons. The molecule has 1 rings (SSSR count). The van der Waals surface area contributed by atoms with Crippen molar-refractivity contribution in [3.05, 3.63) is 0 Å². The molecule has 4 heteroatoms. The van der Waals surface area contributed by atoms with Gasteiger partial charge in [0, 0.05) is 6.54 Å². The Balaban J connectivity index is 1.79. The molecule has 84 valence electrons. The third-order valence-corrected chi connectivity index (χ3v) is 2.57. The molecule has 1 aliphatic rings. The van der Waals surface area contributed by atoms with Gasteiger partial charge in [-0.15, -0.1) is 0 Å². The Labute approximate surface area is 84.0 Å². The van der Waals surface area contributed by atoms with E-state index >= 15 is 0 Å². The van der Waals surface area contributed by atoms with E-state index in [2.05, 4.69) is 5.32 Å². The molecule has 0 aromatic carbocycles. The predicted molar refractivity (Wildman–Crippen MR) is 51.7 cm³/mol. The highest BCUT2D eigenvalue weighted by Gasteiger charge is 2.13. The number of hydrogen-bond acceptors (Lipinski definition) is 2. The average molecular weight is 207 g/mol. The predicted octanol–water partition coefficient (Wildman–Crippen LogP) is 2.05. The highest BCUT2D eigenvalue weighted by molar-refractivity contribution is 4.69. The molecule has 0 heterocycles. The summed E-state index contributed by atoms with van der Waals surface area (Å²) in [6.07, 6.45) is 2.96. The van der Waals surface area contributed by atoms with Crippen LogP contribution in [0.4, 0.5) is 8.78 Å². The molecule has 2 nitrogen and oxygen atoms in total. The molecule has 0 atom stereocenters. The van der Waals surface area contributed by atoms with E-state index in [1.807, 2.05) is 0 Å². The van der Waals surface area contributed by atoms with Gasteiger partial charge in [-0.1, -0.05) is 12.8 Å². The third-order valence-electron chi connectivity index (χ3n) is 2.57. The van der Waals surface area contributed by atoms with Crippen LogP contribution >= 0.6 is 0 Å². The van der Waals surface area contributed by atoms with Crippen molar-refractivity contribution in [1.82, 2.24) is 5.32 Å². The van der Waals surface area contributed by atoms with Gasteiger partial charge in [-0.2, -0.15) is 0 Å². The van der Waals surface area contributed by atoms with Crippen molar-refractivity contribution in [3.8, 4) is 0 Å². The van der Waals surface area contributed by atoms with E-state index in [-0.39, 0.29) is 0 Å². The first-order chi connectivity index (χ1) is 6.79. The Morgan fingerprint density at radius 3 is 2.64 bits per heavy atom. The lowest BCUT2D eigenvalue weighted by atomic mass is 10.1. The minimum absolute atomic E-state index is 0.386. The van der Waals surface area contributed by atoms with Crippen LogP contribution in [0.5, 0.6) is 0 Å². The van der Waals surface area contributed by atoms with Gasteiger partial charge in [0.1, 0.15) is 6.61 Å². The van der Waals surface area contributed by atoms with E-state index in [1.54, 1.807) is 0 Å². The molecule has 0 amide bonds. The van der Waals surface area contributed by atoms with E-state index in [0.29, 0.717) is 13.2 Å². The van der Waals surface area contributed by atoms with Crippen molar-refractivity contribution in [1.29, 1.82) is 0 Å². The number of alkyl halides is 2. The molecule has 1 saturated carbocycles. The molecule has 1 N–H and O–H groups in total. The molecule has 0 bridgehead atoms. The van der Waals surface area contributed by atoms with Gasteiger partial charge in [0.15, 0.2) is 0 Å². The van der Waals surface area contributed by atoms with Gasteiger partial charge in [-0.05, 0) is 25.3 Å². The van der Waals surface area contributed by atoms with Gasteiger partial charge in [-0.25, -0.2) is 8.78 Å². The molecule has 0 aromatic rings. The van der Waals surface area contributed by atoms with Crippen molar-refractivity contribution in [2.75, 3.05) is 26.3 Å². The summed E-state index contributed by atoms with van der Waals surface area (Å²) in [6.45, 7) is 1.64. The first-order valence-corrected chi connectivity index (χ1v) is 5.35. The molecule has 0 spiro atoms. The number of nitrogens with one attached hydrogen (secondary N) is 1. The minimum Gasteiger partial charge on any atom is -0.374 e. The molecule has 1 aliphatic carbocycles. The molecule has 0 saturated heterocycles. The van der Waals surface area contributed by atoms with E-state index in [4.69, 9.17) is 4.74 Å². The lowest BCUT2D eigenvalue weighted by molar-refractivity contribution is 0.0186. The largest absolute Gasteiger partial charge is 0.374 e.